The number of hydrogen-bond donors (Lipinski definition) is 2. The van der Waals surface area contributed by atoms with Crippen LogP contribution in [-0.2, 0) is 28.5 Å². The summed E-state index contributed by atoms with van der Waals surface area (Å²) < 4.78 is 34.4. The largest absolute Gasteiger partial charge is 0.464 e. The Bertz CT molecular complexity index is 1970. The second-order valence-electron chi connectivity index (χ2n) is 13.2. The van der Waals surface area contributed by atoms with Crippen LogP contribution < -0.4 is 9.80 Å². The third-order valence-electron chi connectivity index (χ3n) is 7.83. The molecule has 46 heavy (non-hydrogen) atoms. The highest BCUT2D eigenvalue weighted by Crippen LogP contribution is 2.48. The van der Waals surface area contributed by atoms with E-state index in [2.05, 4.69) is 11.1 Å². The van der Waals surface area contributed by atoms with Gasteiger partial charge in [-0.1, -0.05) is 47.6 Å². The van der Waals surface area contributed by atoms with Crippen LogP contribution in [0.1, 0.15) is 69.7 Å². The van der Waals surface area contributed by atoms with Crippen LogP contribution in [0.15, 0.2) is 40.8 Å². The quantitative estimate of drug-likeness (QED) is 0.235. The molecular weight excluding hydrogens is 598 g/mol. The van der Waals surface area contributed by atoms with Crippen molar-refractivity contribution in [2.24, 2.45) is 0 Å². The molecule has 0 unspecified atom stereocenters. The third kappa shape index (κ3) is 5.53. The fourth-order valence-corrected chi connectivity index (χ4v) is 5.77. The summed E-state index contributed by atoms with van der Waals surface area (Å²) in [5.74, 6) is -1.79. The van der Waals surface area contributed by atoms with Crippen molar-refractivity contribution in [3.63, 3.8) is 0 Å². The predicted molar refractivity (Wildman–Crippen MR) is 166 cm³/mol. The number of nitrogens with zero attached hydrogens (tertiary/aromatic N) is 4. The van der Waals surface area contributed by atoms with E-state index in [0.717, 1.165) is 23.8 Å². The lowest BCUT2D eigenvalue weighted by Crippen LogP contribution is -2.36. The predicted octanol–water partition coefficient (Wildman–Crippen LogP) is 7.53. The number of benzene rings is 2. The van der Waals surface area contributed by atoms with E-state index in [4.69, 9.17) is 4.42 Å². The summed E-state index contributed by atoms with van der Waals surface area (Å²) in [5.41, 5.74) is 0.900. The number of anilines is 2. The fraction of sp³-hybridized carbons (Fsp3) is 0.324. The summed E-state index contributed by atoms with van der Waals surface area (Å²) in [5, 5.41) is 30.3. The van der Waals surface area contributed by atoms with Crippen LogP contribution in [-0.4, -0.2) is 39.8 Å². The van der Waals surface area contributed by atoms with E-state index in [9.17, 15) is 38.6 Å². The van der Waals surface area contributed by atoms with Crippen LogP contribution in [0.4, 0.5) is 29.9 Å². The number of imide groups is 1. The van der Waals surface area contributed by atoms with Gasteiger partial charge < -0.3 is 19.5 Å². The molecule has 5 rings (SSSR count). The Morgan fingerprint density at radius 2 is 1.70 bits per heavy atom. The maximum absolute atomic E-state index is 14.3. The molecule has 0 bridgehead atoms. The molecule has 3 amide bonds. The van der Waals surface area contributed by atoms with Gasteiger partial charge in [0.1, 0.15) is 29.0 Å². The van der Waals surface area contributed by atoms with Gasteiger partial charge in [0, 0.05) is 34.2 Å². The molecule has 1 aliphatic heterocycles. The van der Waals surface area contributed by atoms with Crippen molar-refractivity contribution in [1.29, 1.82) is 5.26 Å². The molecule has 0 fully saturated rings. The van der Waals surface area contributed by atoms with E-state index in [1.54, 1.807) is 39.0 Å². The van der Waals surface area contributed by atoms with Gasteiger partial charge in [-0.2, -0.15) is 10.2 Å². The van der Waals surface area contributed by atoms with Crippen molar-refractivity contribution in [2.45, 2.75) is 65.2 Å². The Kier molecular flexibility index (Phi) is 7.85. The number of hydrogen-bond acceptors (Lipinski definition) is 6. The van der Waals surface area contributed by atoms with Gasteiger partial charge in [-0.3, -0.25) is 4.79 Å². The standard InChI is InChI=1S/C34H32F2N4O6/c1-33(2,3)28-21(16-37)27-26(30(38-28)40(31(42)43)32(44)45)25(29(46-27)34(4,5)6)18-7-10-23-17(13-18)11-12-39(23)24(41)15-19-14-20(35)8-9-22(19)36/h7-10,13-14H,11-12,15H2,1-6H3,(H,42,43)(H,44,45). The SMILES string of the molecule is CC(C)(C)c1nc(N(C(=O)O)C(=O)O)c2c(-c3ccc4c(c3)CCN4C(=O)Cc3cc(F)ccc3F)c(C(C)(C)C)oc2c1C#N. The highest BCUT2D eigenvalue weighted by atomic mass is 19.1. The van der Waals surface area contributed by atoms with Crippen molar-refractivity contribution in [1.82, 2.24) is 4.98 Å². The van der Waals surface area contributed by atoms with E-state index < -0.39 is 46.4 Å². The van der Waals surface area contributed by atoms with E-state index in [-0.39, 0.29) is 39.1 Å². The molecule has 2 aromatic heterocycles. The number of carbonyl (C=O) groups is 3. The van der Waals surface area contributed by atoms with Crippen molar-refractivity contribution < 1.29 is 37.8 Å². The van der Waals surface area contributed by atoms with Gasteiger partial charge in [-0.25, -0.2) is 23.4 Å². The van der Waals surface area contributed by atoms with Crippen molar-refractivity contribution >= 4 is 40.6 Å². The first kappa shape index (κ1) is 32.1. The van der Waals surface area contributed by atoms with E-state index in [1.165, 1.54) is 4.90 Å². The Morgan fingerprint density at radius 3 is 2.28 bits per heavy atom. The second kappa shape index (κ2) is 11.2. The van der Waals surface area contributed by atoms with Gasteiger partial charge in [0.05, 0.1) is 17.5 Å². The minimum Gasteiger partial charge on any atom is -0.464 e. The minimum atomic E-state index is -1.78. The average Bonchev–Trinajstić information content (AvgIpc) is 3.56. The highest BCUT2D eigenvalue weighted by Gasteiger charge is 2.38. The van der Waals surface area contributed by atoms with E-state index in [0.29, 0.717) is 35.5 Å². The first-order chi connectivity index (χ1) is 21.4. The molecule has 3 heterocycles. The number of carboxylic acid groups (broad SMARTS) is 2. The van der Waals surface area contributed by atoms with Crippen molar-refractivity contribution in [3.05, 3.63) is 76.2 Å². The number of aromatic nitrogens is 1. The van der Waals surface area contributed by atoms with E-state index >= 15 is 0 Å². The van der Waals surface area contributed by atoms with Crippen molar-refractivity contribution in [3.8, 4) is 17.2 Å². The zero-order valence-corrected chi connectivity index (χ0v) is 26.2. The molecule has 0 radical (unpaired) electrons. The van der Waals surface area contributed by atoms with Crippen LogP contribution in [0.25, 0.3) is 22.1 Å². The second-order valence-corrected chi connectivity index (χ2v) is 13.2. The number of nitriles is 1. The first-order valence-electron chi connectivity index (χ1n) is 14.5. The molecule has 2 aromatic carbocycles. The molecule has 0 atom stereocenters. The molecule has 4 aromatic rings. The monoisotopic (exact) mass is 630 g/mol. The first-order valence-corrected chi connectivity index (χ1v) is 14.5. The fourth-order valence-electron chi connectivity index (χ4n) is 5.77. The zero-order valence-electron chi connectivity index (χ0n) is 26.2. The van der Waals surface area contributed by atoms with Gasteiger partial charge >= 0.3 is 12.2 Å². The number of furan rings is 1. The summed E-state index contributed by atoms with van der Waals surface area (Å²) >= 11 is 0. The highest BCUT2D eigenvalue weighted by molar-refractivity contribution is 6.16. The molecule has 0 aliphatic carbocycles. The molecule has 2 N–H and O–H groups in total. The normalized spacial score (nSPS) is 13.1. The Labute approximate surface area is 263 Å². The lowest BCUT2D eigenvalue weighted by atomic mass is 9.85. The zero-order chi connectivity index (χ0) is 33.9. The molecular formula is C34H32F2N4O6. The summed E-state index contributed by atoms with van der Waals surface area (Å²) in [4.78, 5) is 43.9. The average molecular weight is 631 g/mol. The van der Waals surface area contributed by atoms with Gasteiger partial charge in [-0.15, -0.1) is 0 Å². The lowest BCUT2D eigenvalue weighted by Gasteiger charge is -2.23. The maximum atomic E-state index is 14.3. The molecule has 1 aliphatic rings. The molecule has 0 saturated heterocycles. The molecule has 0 saturated carbocycles. The molecule has 12 heteroatoms. The van der Waals surface area contributed by atoms with Gasteiger partial charge in [0.15, 0.2) is 11.4 Å². The molecule has 0 spiro atoms. The minimum absolute atomic E-state index is 0.0132. The summed E-state index contributed by atoms with van der Waals surface area (Å²) in [6.45, 7) is 11.2. The summed E-state index contributed by atoms with van der Waals surface area (Å²) in [6, 6.07) is 10.3. The Balaban J connectivity index is 1.74. The number of carbonyl (C=O) groups excluding carboxylic acids is 1. The van der Waals surface area contributed by atoms with Gasteiger partial charge in [-0.05, 0) is 47.9 Å². The Morgan fingerprint density at radius 1 is 1.02 bits per heavy atom. The summed E-state index contributed by atoms with van der Waals surface area (Å²) in [7, 11) is 0. The lowest BCUT2D eigenvalue weighted by molar-refractivity contribution is -0.117. The third-order valence-corrected chi connectivity index (χ3v) is 7.83. The van der Waals surface area contributed by atoms with Crippen LogP contribution in [0, 0.1) is 23.0 Å². The smallest absolute Gasteiger partial charge is 0.422 e. The Hall–Kier alpha value is -5.31. The van der Waals surface area contributed by atoms with Crippen molar-refractivity contribution in [2.75, 3.05) is 16.3 Å². The number of halogens is 2. The summed E-state index contributed by atoms with van der Waals surface area (Å²) in [6.07, 6.45) is -3.48. The number of amides is 3. The number of pyridine rings is 1. The van der Waals surface area contributed by atoms with Gasteiger partial charge in [0.2, 0.25) is 5.91 Å². The van der Waals surface area contributed by atoms with Crippen LogP contribution in [0.2, 0.25) is 0 Å². The van der Waals surface area contributed by atoms with Crippen LogP contribution >= 0.6 is 0 Å². The molecule has 238 valence electrons. The molecule has 10 nitrogen and oxygen atoms in total. The topological polar surface area (TPSA) is 148 Å². The van der Waals surface area contributed by atoms with Crippen LogP contribution in [0.3, 0.4) is 0 Å². The number of fused-ring (bicyclic) bond motifs is 2. The van der Waals surface area contributed by atoms with E-state index in [1.807, 2.05) is 20.8 Å². The maximum Gasteiger partial charge on any atom is 0.422 e. The van der Waals surface area contributed by atoms with Gasteiger partial charge in [0.25, 0.3) is 0 Å². The van der Waals surface area contributed by atoms with Crippen LogP contribution in [0.5, 0.6) is 0 Å². The number of rotatable bonds is 4.